The molecule has 0 fully saturated rings. The summed E-state index contributed by atoms with van der Waals surface area (Å²) in [5.74, 6) is 1.30. The second kappa shape index (κ2) is 7.81. The molecule has 2 heterocycles. The summed E-state index contributed by atoms with van der Waals surface area (Å²) in [6.07, 6.45) is 0. The fraction of sp³-hybridized carbons (Fsp3) is 0.353. The molecule has 5 nitrogen and oxygen atoms in total. The molecule has 0 atom stereocenters. The van der Waals surface area contributed by atoms with Crippen LogP contribution in [-0.4, -0.2) is 28.3 Å². The maximum atomic E-state index is 5.75. The van der Waals surface area contributed by atoms with Gasteiger partial charge in [-0.1, -0.05) is 11.8 Å². The lowest BCUT2D eigenvalue weighted by molar-refractivity contribution is 0.466. The Kier molecular flexibility index (Phi) is 5.52. The molecular weight excluding hydrogens is 340 g/mol. The number of benzene rings is 1. The smallest absolute Gasteiger partial charge is 0.277 e. The second-order valence-corrected chi connectivity index (χ2v) is 7.23. The fourth-order valence-corrected chi connectivity index (χ4v) is 3.77. The first-order chi connectivity index (χ1) is 11.7. The van der Waals surface area contributed by atoms with Gasteiger partial charge in [-0.15, -0.1) is 21.5 Å². The van der Waals surface area contributed by atoms with E-state index in [1.165, 1.54) is 17.4 Å². The van der Waals surface area contributed by atoms with Gasteiger partial charge in [0, 0.05) is 35.5 Å². The van der Waals surface area contributed by atoms with Crippen molar-refractivity contribution in [2.75, 3.05) is 18.0 Å². The summed E-state index contributed by atoms with van der Waals surface area (Å²) in [5.41, 5.74) is 3.19. The topological polar surface area (TPSA) is 55.1 Å². The van der Waals surface area contributed by atoms with Crippen molar-refractivity contribution in [1.29, 1.82) is 0 Å². The van der Waals surface area contributed by atoms with Gasteiger partial charge in [-0.2, -0.15) is 0 Å². The lowest BCUT2D eigenvalue weighted by Crippen LogP contribution is -2.21. The Morgan fingerprint density at radius 3 is 2.50 bits per heavy atom. The van der Waals surface area contributed by atoms with Gasteiger partial charge in [-0.05, 0) is 45.0 Å². The lowest BCUT2D eigenvalue weighted by Gasteiger charge is -2.20. The van der Waals surface area contributed by atoms with Gasteiger partial charge in [-0.25, -0.2) is 4.98 Å². The molecule has 1 aromatic carbocycles. The quantitative estimate of drug-likeness (QED) is 0.572. The minimum absolute atomic E-state index is 0.554. The van der Waals surface area contributed by atoms with Gasteiger partial charge < -0.3 is 9.32 Å². The standard InChI is InChI=1S/C17H20N4OS2/c1-4-21(5-2)15-8-6-13(7-9-15)16-19-20-17(22-16)24-11-14-10-23-12(3)18-14/h6-10H,4-5,11H2,1-3H3. The molecule has 3 aromatic rings. The van der Waals surface area contributed by atoms with Crippen LogP contribution in [0.15, 0.2) is 39.3 Å². The lowest BCUT2D eigenvalue weighted by atomic mass is 10.2. The molecule has 24 heavy (non-hydrogen) atoms. The van der Waals surface area contributed by atoms with Gasteiger partial charge in [-0.3, -0.25) is 0 Å². The van der Waals surface area contributed by atoms with E-state index in [1.807, 2.05) is 19.1 Å². The molecule has 0 bridgehead atoms. The van der Waals surface area contributed by atoms with Crippen LogP contribution in [0.4, 0.5) is 5.69 Å². The second-order valence-electron chi connectivity index (χ2n) is 5.24. The van der Waals surface area contributed by atoms with Gasteiger partial charge >= 0.3 is 0 Å². The molecule has 0 aliphatic rings. The first-order valence-corrected chi connectivity index (χ1v) is 9.78. The van der Waals surface area contributed by atoms with Gasteiger partial charge in [0.1, 0.15) is 0 Å². The number of aryl methyl sites for hydroxylation is 1. The van der Waals surface area contributed by atoms with E-state index in [0.717, 1.165) is 35.1 Å². The predicted octanol–water partition coefficient (Wildman–Crippen LogP) is 4.64. The third-order valence-corrected chi connectivity index (χ3v) is 5.33. The van der Waals surface area contributed by atoms with Crippen molar-refractivity contribution in [3.05, 3.63) is 40.3 Å². The number of anilines is 1. The zero-order valence-electron chi connectivity index (χ0n) is 14.0. The predicted molar refractivity (Wildman–Crippen MR) is 99.7 cm³/mol. The molecule has 2 aromatic heterocycles. The van der Waals surface area contributed by atoms with Gasteiger partial charge in [0.05, 0.1) is 10.7 Å². The first-order valence-electron chi connectivity index (χ1n) is 7.92. The summed E-state index contributed by atoms with van der Waals surface area (Å²) in [7, 11) is 0. The van der Waals surface area contributed by atoms with E-state index in [-0.39, 0.29) is 0 Å². The number of hydrogen-bond acceptors (Lipinski definition) is 7. The van der Waals surface area contributed by atoms with E-state index in [2.05, 4.69) is 51.4 Å². The van der Waals surface area contributed by atoms with Crippen LogP contribution in [0.3, 0.4) is 0 Å². The Morgan fingerprint density at radius 1 is 1.12 bits per heavy atom. The highest BCUT2D eigenvalue weighted by atomic mass is 32.2. The Bertz CT molecular complexity index is 778. The minimum Gasteiger partial charge on any atom is -0.411 e. The van der Waals surface area contributed by atoms with Crippen molar-refractivity contribution < 1.29 is 4.42 Å². The molecule has 0 spiro atoms. The summed E-state index contributed by atoms with van der Waals surface area (Å²) >= 11 is 3.17. The van der Waals surface area contributed by atoms with E-state index < -0.39 is 0 Å². The van der Waals surface area contributed by atoms with E-state index in [4.69, 9.17) is 4.42 Å². The Morgan fingerprint density at radius 2 is 1.88 bits per heavy atom. The monoisotopic (exact) mass is 360 g/mol. The zero-order valence-corrected chi connectivity index (χ0v) is 15.7. The van der Waals surface area contributed by atoms with Crippen LogP contribution >= 0.6 is 23.1 Å². The van der Waals surface area contributed by atoms with E-state index in [0.29, 0.717) is 11.1 Å². The summed E-state index contributed by atoms with van der Waals surface area (Å²) < 4.78 is 5.75. The van der Waals surface area contributed by atoms with Crippen LogP contribution in [0.1, 0.15) is 24.5 Å². The van der Waals surface area contributed by atoms with Crippen LogP contribution in [0, 0.1) is 6.92 Å². The van der Waals surface area contributed by atoms with Crippen molar-refractivity contribution >= 4 is 28.8 Å². The number of aromatic nitrogens is 3. The van der Waals surface area contributed by atoms with E-state index >= 15 is 0 Å². The highest BCUT2D eigenvalue weighted by molar-refractivity contribution is 7.98. The summed E-state index contributed by atoms with van der Waals surface area (Å²) in [6.45, 7) is 8.30. The fourth-order valence-electron chi connectivity index (χ4n) is 2.40. The van der Waals surface area contributed by atoms with Crippen LogP contribution in [0.25, 0.3) is 11.5 Å². The molecule has 0 amide bonds. The molecule has 0 unspecified atom stereocenters. The molecule has 0 aliphatic heterocycles. The maximum absolute atomic E-state index is 5.75. The van der Waals surface area contributed by atoms with Crippen molar-refractivity contribution in [2.45, 2.75) is 31.7 Å². The number of thiazole rings is 1. The molecular formula is C17H20N4OS2. The molecule has 0 radical (unpaired) electrons. The Balaban J connectivity index is 1.66. The number of hydrogen-bond donors (Lipinski definition) is 0. The van der Waals surface area contributed by atoms with E-state index in [9.17, 15) is 0 Å². The van der Waals surface area contributed by atoms with Crippen LogP contribution in [0.2, 0.25) is 0 Å². The first kappa shape index (κ1) is 17.0. The van der Waals surface area contributed by atoms with Gasteiger partial charge in [0.15, 0.2) is 0 Å². The number of rotatable bonds is 7. The molecule has 0 N–H and O–H groups in total. The van der Waals surface area contributed by atoms with Crippen molar-refractivity contribution in [1.82, 2.24) is 15.2 Å². The Hall–Kier alpha value is -1.86. The van der Waals surface area contributed by atoms with E-state index in [1.54, 1.807) is 11.3 Å². The van der Waals surface area contributed by atoms with Gasteiger partial charge in [0.2, 0.25) is 5.89 Å². The van der Waals surface area contributed by atoms with Gasteiger partial charge in [0.25, 0.3) is 5.22 Å². The van der Waals surface area contributed by atoms with Crippen molar-refractivity contribution in [3.8, 4) is 11.5 Å². The van der Waals surface area contributed by atoms with Crippen LogP contribution < -0.4 is 4.90 Å². The normalized spacial score (nSPS) is 11.0. The minimum atomic E-state index is 0.554. The highest BCUT2D eigenvalue weighted by Crippen LogP contribution is 2.27. The molecule has 3 rings (SSSR count). The summed E-state index contributed by atoms with van der Waals surface area (Å²) in [5, 5.41) is 12.0. The van der Waals surface area contributed by atoms with Crippen molar-refractivity contribution in [3.63, 3.8) is 0 Å². The third kappa shape index (κ3) is 3.96. The van der Waals surface area contributed by atoms with Crippen LogP contribution in [-0.2, 0) is 5.75 Å². The largest absolute Gasteiger partial charge is 0.411 e. The Labute approximate surface area is 150 Å². The SMILES string of the molecule is CCN(CC)c1ccc(-c2nnc(SCc3csc(C)n3)o2)cc1. The number of nitrogens with zero attached hydrogens (tertiary/aromatic N) is 4. The number of thioether (sulfide) groups is 1. The molecule has 0 saturated heterocycles. The average Bonchev–Trinajstić information content (AvgIpc) is 3.24. The molecule has 7 heteroatoms. The third-order valence-electron chi connectivity index (χ3n) is 3.66. The van der Waals surface area contributed by atoms with Crippen LogP contribution in [0.5, 0.6) is 0 Å². The molecule has 0 saturated carbocycles. The molecule has 0 aliphatic carbocycles. The van der Waals surface area contributed by atoms with Crippen molar-refractivity contribution in [2.24, 2.45) is 0 Å². The zero-order chi connectivity index (χ0) is 16.9. The summed E-state index contributed by atoms with van der Waals surface area (Å²) in [6, 6.07) is 8.24. The average molecular weight is 361 g/mol. The maximum Gasteiger partial charge on any atom is 0.277 e. The highest BCUT2D eigenvalue weighted by Gasteiger charge is 2.11. The molecule has 126 valence electrons. The summed E-state index contributed by atoms with van der Waals surface area (Å²) in [4.78, 5) is 6.74.